The molecule has 1 aromatic heterocycles. The van der Waals surface area contributed by atoms with Crippen LogP contribution in [-0.4, -0.2) is 47.3 Å². The van der Waals surface area contributed by atoms with Gasteiger partial charge in [-0.3, -0.25) is 4.79 Å². The predicted octanol–water partition coefficient (Wildman–Crippen LogP) is 3.50. The predicted molar refractivity (Wildman–Crippen MR) is 98.7 cm³/mol. The first-order chi connectivity index (χ1) is 11.5. The Bertz CT molecular complexity index is 776. The minimum Gasteiger partial charge on any atom is -0.375 e. The van der Waals surface area contributed by atoms with Gasteiger partial charge in [0.05, 0.1) is 29.0 Å². The lowest BCUT2D eigenvalue weighted by Gasteiger charge is -2.31. The van der Waals surface area contributed by atoms with Crippen LogP contribution in [0.2, 0.25) is 0 Å². The molecule has 1 atom stereocenters. The average molecular weight is 344 g/mol. The topological polar surface area (TPSA) is 42.4 Å². The van der Waals surface area contributed by atoms with Crippen molar-refractivity contribution in [1.29, 1.82) is 0 Å². The van der Waals surface area contributed by atoms with Crippen molar-refractivity contribution in [2.24, 2.45) is 0 Å². The molecule has 0 bridgehead atoms. The molecule has 0 spiro atoms. The van der Waals surface area contributed by atoms with Crippen molar-refractivity contribution in [3.63, 3.8) is 0 Å². The number of nitrogens with zero attached hydrogens (tertiary/aromatic N) is 2. The summed E-state index contributed by atoms with van der Waals surface area (Å²) in [5.41, 5.74) is 4.71. The maximum absolute atomic E-state index is 12.4. The molecule has 1 saturated heterocycles. The van der Waals surface area contributed by atoms with Crippen LogP contribution in [0.4, 0.5) is 0 Å². The molecule has 1 aliphatic heterocycles. The van der Waals surface area contributed by atoms with Gasteiger partial charge in [-0.15, -0.1) is 0 Å². The van der Waals surface area contributed by atoms with Gasteiger partial charge in [-0.25, -0.2) is 4.98 Å². The molecule has 1 fully saturated rings. The number of carbonyl (C=O) groups is 1. The number of pyridine rings is 1. The summed E-state index contributed by atoms with van der Waals surface area (Å²) in [5, 5.41) is 2.11. The quantitative estimate of drug-likeness (QED) is 0.799. The summed E-state index contributed by atoms with van der Waals surface area (Å²) < 4.78 is 5.50. The molecule has 0 N–H and O–H groups in total. The monoisotopic (exact) mass is 344 g/mol. The van der Waals surface area contributed by atoms with Gasteiger partial charge in [0.1, 0.15) is 0 Å². The first kappa shape index (κ1) is 17.2. The second-order valence-corrected chi connectivity index (χ2v) is 7.49. The first-order valence-corrected chi connectivity index (χ1v) is 9.34. The number of ether oxygens (including phenoxy) is 1. The number of amides is 1. The molecular formula is C19H24N2O2S. The fourth-order valence-corrected chi connectivity index (χ4v) is 3.88. The zero-order valence-corrected chi connectivity index (χ0v) is 15.6. The minimum atomic E-state index is 0.124. The van der Waals surface area contributed by atoms with E-state index in [0.29, 0.717) is 25.4 Å². The number of benzene rings is 1. The average Bonchev–Trinajstić information content (AvgIpc) is 2.56. The summed E-state index contributed by atoms with van der Waals surface area (Å²) >= 11 is 1.52. The lowest BCUT2D eigenvalue weighted by molar-refractivity contribution is -0.135. The van der Waals surface area contributed by atoms with E-state index in [4.69, 9.17) is 9.72 Å². The molecule has 5 heteroatoms. The molecule has 0 unspecified atom stereocenters. The van der Waals surface area contributed by atoms with Gasteiger partial charge in [-0.1, -0.05) is 23.9 Å². The SMILES string of the molecule is Cc1ccc2c(C)cc(SCC(=O)N3CCO[C@H](C)C3)nc2c1C. The summed E-state index contributed by atoms with van der Waals surface area (Å²) in [5.74, 6) is 0.589. The van der Waals surface area contributed by atoms with E-state index in [1.54, 1.807) is 0 Å². The van der Waals surface area contributed by atoms with Gasteiger partial charge < -0.3 is 9.64 Å². The van der Waals surface area contributed by atoms with Crippen LogP contribution in [0.5, 0.6) is 0 Å². The summed E-state index contributed by atoms with van der Waals surface area (Å²) in [6.07, 6.45) is 0.124. The van der Waals surface area contributed by atoms with Crippen LogP contribution in [0.15, 0.2) is 23.2 Å². The van der Waals surface area contributed by atoms with Gasteiger partial charge in [0.15, 0.2) is 0 Å². The molecule has 2 aromatic rings. The molecule has 24 heavy (non-hydrogen) atoms. The molecule has 1 amide bonds. The lowest BCUT2D eigenvalue weighted by atomic mass is 10.0. The van der Waals surface area contributed by atoms with E-state index in [1.807, 2.05) is 11.8 Å². The summed E-state index contributed by atoms with van der Waals surface area (Å²) in [6.45, 7) is 10.3. The van der Waals surface area contributed by atoms with Crippen LogP contribution in [0.3, 0.4) is 0 Å². The maximum atomic E-state index is 12.4. The number of aryl methyl sites for hydroxylation is 3. The Morgan fingerprint density at radius 1 is 1.33 bits per heavy atom. The molecule has 3 rings (SSSR count). The number of morpholine rings is 1. The van der Waals surface area contributed by atoms with Crippen molar-refractivity contribution in [2.45, 2.75) is 38.8 Å². The molecule has 0 saturated carbocycles. The minimum absolute atomic E-state index is 0.124. The van der Waals surface area contributed by atoms with E-state index in [9.17, 15) is 4.79 Å². The van der Waals surface area contributed by atoms with Gasteiger partial charge >= 0.3 is 0 Å². The Kier molecular flexibility index (Phi) is 5.11. The number of aromatic nitrogens is 1. The number of carbonyl (C=O) groups excluding carboxylic acids is 1. The molecular weight excluding hydrogens is 320 g/mol. The first-order valence-electron chi connectivity index (χ1n) is 8.35. The Morgan fingerprint density at radius 2 is 2.12 bits per heavy atom. The third-order valence-corrected chi connectivity index (χ3v) is 5.52. The number of rotatable bonds is 3. The van der Waals surface area contributed by atoms with Crippen molar-refractivity contribution in [1.82, 2.24) is 9.88 Å². The summed E-state index contributed by atoms with van der Waals surface area (Å²) in [7, 11) is 0. The normalized spacial score (nSPS) is 18.2. The molecule has 0 radical (unpaired) electrons. The second kappa shape index (κ2) is 7.11. The molecule has 2 heterocycles. The Balaban J connectivity index is 1.75. The van der Waals surface area contributed by atoms with Crippen molar-refractivity contribution in [3.8, 4) is 0 Å². The summed E-state index contributed by atoms with van der Waals surface area (Å²) in [6, 6.07) is 6.36. The Labute approximate surface area is 147 Å². The lowest BCUT2D eigenvalue weighted by Crippen LogP contribution is -2.45. The van der Waals surface area contributed by atoms with Crippen LogP contribution in [0, 0.1) is 20.8 Å². The Morgan fingerprint density at radius 3 is 2.88 bits per heavy atom. The molecule has 128 valence electrons. The van der Waals surface area contributed by atoms with Crippen molar-refractivity contribution in [2.75, 3.05) is 25.4 Å². The molecule has 1 aliphatic rings. The smallest absolute Gasteiger partial charge is 0.233 e. The van der Waals surface area contributed by atoms with Gasteiger partial charge in [0.25, 0.3) is 0 Å². The van der Waals surface area contributed by atoms with Gasteiger partial charge in [0, 0.05) is 18.5 Å². The highest BCUT2D eigenvalue weighted by Gasteiger charge is 2.21. The van der Waals surface area contributed by atoms with E-state index in [0.717, 1.165) is 10.5 Å². The maximum Gasteiger partial charge on any atom is 0.233 e. The van der Waals surface area contributed by atoms with Gasteiger partial charge in [-0.05, 0) is 50.5 Å². The number of hydrogen-bond acceptors (Lipinski definition) is 4. The molecule has 1 aromatic carbocycles. The zero-order valence-electron chi connectivity index (χ0n) is 14.8. The van der Waals surface area contributed by atoms with Crippen LogP contribution >= 0.6 is 11.8 Å². The fourth-order valence-electron chi connectivity index (χ4n) is 3.01. The number of thioether (sulfide) groups is 1. The third kappa shape index (κ3) is 3.57. The van der Waals surface area contributed by atoms with Crippen molar-refractivity contribution >= 4 is 28.6 Å². The van der Waals surface area contributed by atoms with Crippen LogP contribution in [-0.2, 0) is 9.53 Å². The standard InChI is InChI=1S/C19H24N2O2S/c1-12-5-6-16-13(2)9-17(20-19(16)15(12)4)24-11-18(22)21-7-8-23-14(3)10-21/h5-6,9,14H,7-8,10-11H2,1-4H3/t14-/m1/s1. The van der Waals surface area contributed by atoms with Crippen LogP contribution in [0.25, 0.3) is 10.9 Å². The highest BCUT2D eigenvalue weighted by Crippen LogP contribution is 2.27. The third-order valence-electron chi connectivity index (χ3n) is 4.63. The number of hydrogen-bond donors (Lipinski definition) is 0. The second-order valence-electron chi connectivity index (χ2n) is 6.49. The van der Waals surface area contributed by atoms with E-state index in [1.165, 1.54) is 33.8 Å². The van der Waals surface area contributed by atoms with Gasteiger partial charge in [-0.2, -0.15) is 0 Å². The van der Waals surface area contributed by atoms with E-state index in [2.05, 4.69) is 39.0 Å². The molecule has 0 aliphatic carbocycles. The summed E-state index contributed by atoms with van der Waals surface area (Å²) in [4.78, 5) is 19.1. The van der Waals surface area contributed by atoms with E-state index in [-0.39, 0.29) is 12.0 Å². The fraction of sp³-hybridized carbons (Fsp3) is 0.474. The van der Waals surface area contributed by atoms with Crippen LogP contribution in [0.1, 0.15) is 23.6 Å². The molecule has 4 nitrogen and oxygen atoms in total. The highest BCUT2D eigenvalue weighted by atomic mass is 32.2. The van der Waals surface area contributed by atoms with Crippen molar-refractivity contribution < 1.29 is 9.53 Å². The highest BCUT2D eigenvalue weighted by molar-refractivity contribution is 7.99. The largest absolute Gasteiger partial charge is 0.375 e. The van der Waals surface area contributed by atoms with Crippen LogP contribution < -0.4 is 0 Å². The van der Waals surface area contributed by atoms with Crippen molar-refractivity contribution in [3.05, 3.63) is 34.9 Å². The number of fused-ring (bicyclic) bond motifs is 1. The zero-order chi connectivity index (χ0) is 17.3. The van der Waals surface area contributed by atoms with Gasteiger partial charge in [0.2, 0.25) is 5.91 Å². The van der Waals surface area contributed by atoms with E-state index >= 15 is 0 Å². The van der Waals surface area contributed by atoms with E-state index < -0.39 is 0 Å². The Hall–Kier alpha value is -1.59.